The molecule has 0 amide bonds. The highest BCUT2D eigenvalue weighted by atomic mass is 35.5. The van der Waals surface area contributed by atoms with Crippen molar-refractivity contribution in [2.45, 2.75) is 30.5 Å². The molecule has 4 aromatic rings. The molecule has 1 atom stereocenters. The zero-order chi connectivity index (χ0) is 23.5. The summed E-state index contributed by atoms with van der Waals surface area (Å²) < 4.78 is 18.9. The quantitative estimate of drug-likeness (QED) is 0.190. The van der Waals surface area contributed by atoms with Crippen molar-refractivity contribution >= 4 is 34.7 Å². The molecular formula is C24H21ClN4O3S2. The molecule has 0 bridgehead atoms. The predicted molar refractivity (Wildman–Crippen MR) is 134 cm³/mol. The summed E-state index contributed by atoms with van der Waals surface area (Å²) in [6.45, 7) is 6.66. The molecule has 0 saturated heterocycles. The van der Waals surface area contributed by atoms with Crippen LogP contribution >= 0.6 is 34.7 Å². The van der Waals surface area contributed by atoms with Gasteiger partial charge in [-0.15, -0.1) is 28.1 Å². The maximum Gasteiger partial charge on any atom is 0.231 e. The van der Waals surface area contributed by atoms with Crippen molar-refractivity contribution in [2.24, 2.45) is 0 Å². The van der Waals surface area contributed by atoms with E-state index in [-0.39, 0.29) is 12.9 Å². The predicted octanol–water partition coefficient (Wildman–Crippen LogP) is 6.40. The van der Waals surface area contributed by atoms with Crippen LogP contribution in [-0.2, 0) is 12.3 Å². The largest absolute Gasteiger partial charge is 0.483 e. The highest BCUT2D eigenvalue weighted by Crippen LogP contribution is 2.37. The molecule has 1 unspecified atom stereocenters. The number of rotatable bonds is 9. The maximum absolute atomic E-state index is 6.08. The molecule has 3 heterocycles. The smallest absolute Gasteiger partial charge is 0.231 e. The van der Waals surface area contributed by atoms with E-state index in [0.29, 0.717) is 23.1 Å². The first-order chi connectivity index (χ1) is 16.6. The average molecular weight is 513 g/mol. The number of hydrogen-bond acceptors (Lipinski definition) is 8. The van der Waals surface area contributed by atoms with Crippen LogP contribution in [-0.4, -0.2) is 26.5 Å². The number of aromatic nitrogens is 4. The van der Waals surface area contributed by atoms with Gasteiger partial charge >= 0.3 is 0 Å². The van der Waals surface area contributed by atoms with Crippen LogP contribution in [0.5, 0.6) is 17.2 Å². The minimum atomic E-state index is -0.308. The summed E-state index contributed by atoms with van der Waals surface area (Å²) in [7, 11) is 0. The van der Waals surface area contributed by atoms with Crippen molar-refractivity contribution in [1.29, 1.82) is 0 Å². The molecule has 5 rings (SSSR count). The van der Waals surface area contributed by atoms with Gasteiger partial charge in [0.1, 0.15) is 10.8 Å². The van der Waals surface area contributed by atoms with Crippen molar-refractivity contribution in [1.82, 2.24) is 19.7 Å². The average Bonchev–Trinajstić information content (AvgIpc) is 3.57. The molecule has 1 aliphatic rings. The van der Waals surface area contributed by atoms with Crippen LogP contribution in [0.15, 0.2) is 65.7 Å². The Morgan fingerprint density at radius 1 is 1.24 bits per heavy atom. The topological polar surface area (TPSA) is 71.3 Å². The van der Waals surface area contributed by atoms with Crippen LogP contribution in [0.4, 0.5) is 0 Å². The number of halogens is 1. The molecule has 0 spiro atoms. The molecule has 0 N–H and O–H groups in total. The van der Waals surface area contributed by atoms with Crippen molar-refractivity contribution in [3.05, 3.63) is 77.0 Å². The summed E-state index contributed by atoms with van der Waals surface area (Å²) in [6, 6.07) is 13.2. The Morgan fingerprint density at radius 2 is 2.12 bits per heavy atom. The number of hydrogen-bond donors (Lipinski definition) is 0. The molecule has 2 aromatic carbocycles. The van der Waals surface area contributed by atoms with Crippen LogP contribution < -0.4 is 14.2 Å². The summed E-state index contributed by atoms with van der Waals surface area (Å²) in [5.74, 6) is 3.59. The second-order valence-electron chi connectivity index (χ2n) is 7.46. The van der Waals surface area contributed by atoms with E-state index in [0.717, 1.165) is 38.7 Å². The number of thiazole rings is 1. The van der Waals surface area contributed by atoms with E-state index in [1.54, 1.807) is 29.2 Å². The van der Waals surface area contributed by atoms with Crippen molar-refractivity contribution < 1.29 is 14.2 Å². The van der Waals surface area contributed by atoms with Gasteiger partial charge in [0.25, 0.3) is 0 Å². The van der Waals surface area contributed by atoms with Gasteiger partial charge in [-0.1, -0.05) is 35.5 Å². The summed E-state index contributed by atoms with van der Waals surface area (Å²) in [5.41, 5.74) is 1.98. The van der Waals surface area contributed by atoms with Crippen LogP contribution in [0.3, 0.4) is 0 Å². The van der Waals surface area contributed by atoms with Crippen LogP contribution in [0.1, 0.15) is 24.5 Å². The zero-order valence-electron chi connectivity index (χ0n) is 18.3. The second-order valence-corrected chi connectivity index (χ2v) is 9.70. The summed E-state index contributed by atoms with van der Waals surface area (Å²) in [5, 5.41) is 13.2. The fraction of sp³-hybridized carbons (Fsp3) is 0.208. The molecule has 2 aromatic heterocycles. The molecule has 0 radical (unpaired) electrons. The Balaban J connectivity index is 1.28. The third-order valence-electron chi connectivity index (χ3n) is 5.05. The van der Waals surface area contributed by atoms with Crippen molar-refractivity contribution in [2.75, 3.05) is 6.79 Å². The van der Waals surface area contributed by atoms with Gasteiger partial charge in [0.15, 0.2) is 28.6 Å². The number of allylic oxidation sites excluding steroid dienone is 1. The molecule has 1 aliphatic heterocycles. The molecule has 174 valence electrons. The number of benzene rings is 2. The number of thioether (sulfide) groups is 1. The molecule has 0 aliphatic carbocycles. The standard InChI is InChI=1S/C24H21ClN4O3S2/c1-3-9-29-22(15(2)32-19-6-4-5-17(25)11-19)27-28-24(29)34-13-18-12-33-23(26-18)16-7-8-20-21(10-16)31-14-30-20/h3-8,10-12,15H,1,9,13-14H2,2H3. The maximum atomic E-state index is 6.08. The van der Waals surface area contributed by atoms with Crippen molar-refractivity contribution in [3.63, 3.8) is 0 Å². The fourth-order valence-electron chi connectivity index (χ4n) is 3.48. The monoisotopic (exact) mass is 512 g/mol. The van der Waals surface area contributed by atoms with Gasteiger partial charge < -0.3 is 14.2 Å². The van der Waals surface area contributed by atoms with Crippen molar-refractivity contribution in [3.8, 4) is 27.8 Å². The Kier molecular flexibility index (Phi) is 6.75. The first-order valence-electron chi connectivity index (χ1n) is 10.5. The lowest BCUT2D eigenvalue weighted by atomic mass is 10.2. The highest BCUT2D eigenvalue weighted by molar-refractivity contribution is 7.98. The van der Waals surface area contributed by atoms with Gasteiger partial charge in [-0.25, -0.2) is 4.98 Å². The lowest BCUT2D eigenvalue weighted by Gasteiger charge is -2.15. The number of ether oxygens (including phenoxy) is 3. The van der Waals surface area contributed by atoms with Crippen LogP contribution in [0, 0.1) is 0 Å². The van der Waals surface area contributed by atoms with Crippen LogP contribution in [0.25, 0.3) is 10.6 Å². The Morgan fingerprint density at radius 3 is 2.97 bits per heavy atom. The summed E-state index contributed by atoms with van der Waals surface area (Å²) >= 11 is 9.26. The van der Waals surface area contributed by atoms with Crippen LogP contribution in [0.2, 0.25) is 5.02 Å². The minimum absolute atomic E-state index is 0.259. The van der Waals surface area contributed by atoms with E-state index in [1.807, 2.05) is 54.0 Å². The van der Waals surface area contributed by atoms with E-state index < -0.39 is 0 Å². The fourth-order valence-corrected chi connectivity index (χ4v) is 5.43. The van der Waals surface area contributed by atoms with Gasteiger partial charge in [0, 0.05) is 28.3 Å². The Labute approximate surface area is 210 Å². The molecule has 0 fully saturated rings. The normalized spacial score (nSPS) is 13.1. The van der Waals surface area contributed by atoms with E-state index in [9.17, 15) is 0 Å². The van der Waals surface area contributed by atoms with E-state index in [1.165, 1.54) is 0 Å². The molecule has 7 nitrogen and oxygen atoms in total. The minimum Gasteiger partial charge on any atom is -0.483 e. The summed E-state index contributed by atoms with van der Waals surface area (Å²) in [6.07, 6.45) is 1.51. The SMILES string of the molecule is C=CCn1c(SCc2csc(-c3ccc4c(c3)OCO4)n2)nnc1C(C)Oc1cccc(Cl)c1. The first kappa shape index (κ1) is 22.8. The third-order valence-corrected chi connectivity index (χ3v) is 7.23. The zero-order valence-corrected chi connectivity index (χ0v) is 20.7. The van der Waals surface area contributed by atoms with E-state index in [2.05, 4.69) is 22.2 Å². The second kappa shape index (κ2) is 10.1. The molecular weight excluding hydrogens is 492 g/mol. The lowest BCUT2D eigenvalue weighted by Crippen LogP contribution is -2.12. The molecule has 0 saturated carbocycles. The third kappa shape index (κ3) is 4.91. The van der Waals surface area contributed by atoms with Gasteiger partial charge in [-0.05, 0) is 43.3 Å². The lowest BCUT2D eigenvalue weighted by molar-refractivity contribution is 0.174. The number of fused-ring (bicyclic) bond motifs is 1. The Bertz CT molecular complexity index is 1320. The van der Waals surface area contributed by atoms with Gasteiger partial charge in [0.2, 0.25) is 6.79 Å². The van der Waals surface area contributed by atoms with Gasteiger partial charge in [-0.2, -0.15) is 0 Å². The van der Waals surface area contributed by atoms with E-state index >= 15 is 0 Å². The first-order valence-corrected chi connectivity index (χ1v) is 12.8. The highest BCUT2D eigenvalue weighted by Gasteiger charge is 2.20. The Hall–Kier alpha value is -3.01. The van der Waals surface area contributed by atoms with Gasteiger partial charge in [-0.3, -0.25) is 4.57 Å². The molecule has 34 heavy (non-hydrogen) atoms. The van der Waals surface area contributed by atoms with Gasteiger partial charge in [0.05, 0.1) is 5.69 Å². The molecule has 10 heteroatoms. The van der Waals surface area contributed by atoms with E-state index in [4.69, 9.17) is 30.8 Å². The summed E-state index contributed by atoms with van der Waals surface area (Å²) in [4.78, 5) is 4.79. The number of nitrogens with zero attached hydrogens (tertiary/aromatic N) is 4.